The fraction of sp³-hybridized carbons (Fsp3) is 0.321. The summed E-state index contributed by atoms with van der Waals surface area (Å²) >= 11 is 8.70. The summed E-state index contributed by atoms with van der Waals surface area (Å²) in [6.45, 7) is 25.9. The first-order valence-electron chi connectivity index (χ1n) is 24.3. The molecule has 0 bridgehead atoms. The van der Waals surface area contributed by atoms with Crippen molar-refractivity contribution in [1.29, 1.82) is 0 Å². The summed E-state index contributed by atoms with van der Waals surface area (Å²) in [5.74, 6) is 3.09. The lowest BCUT2D eigenvalue weighted by Crippen LogP contribution is -1.84. The highest BCUT2D eigenvalue weighted by Crippen LogP contribution is 2.30. The van der Waals surface area contributed by atoms with Crippen LogP contribution in [0.1, 0.15) is 149 Å². The van der Waals surface area contributed by atoms with E-state index in [0.717, 1.165) is 43.9 Å². The summed E-state index contributed by atoms with van der Waals surface area (Å²) in [4.78, 5) is 44.4. The second-order valence-electron chi connectivity index (χ2n) is 18.6. The van der Waals surface area contributed by atoms with E-state index in [0.29, 0.717) is 35.5 Å². The number of rotatable bonds is 6. The maximum atomic E-state index is 4.53. The highest BCUT2D eigenvalue weighted by atomic mass is 32.1. The van der Waals surface area contributed by atoms with Gasteiger partial charge < -0.3 is 4.40 Å². The number of thiazole rings is 5. The SMILES string of the molecule is CC(C)c1cn2ccccc2n1.CC(C)c1nc2ccccc2s1.CC(C)c1nc2cccnc2s1.CC(C)c1nc2ccncc2s1.CC(C)c1nc2cnccc2s1.CC(C)c1nc2ncccc2s1. The van der Waals surface area contributed by atoms with Crippen molar-refractivity contribution in [3.63, 3.8) is 0 Å². The lowest BCUT2D eigenvalue weighted by molar-refractivity contribution is 0.834. The van der Waals surface area contributed by atoms with Crippen LogP contribution in [0, 0.1) is 0 Å². The Morgan fingerprint density at radius 1 is 0.375 bits per heavy atom. The molecule has 11 heterocycles. The molecule has 0 aliphatic heterocycles. The molecule has 12 aromatic rings. The van der Waals surface area contributed by atoms with Crippen molar-refractivity contribution in [2.75, 3.05) is 0 Å². The molecule has 0 spiro atoms. The number of nitrogens with zero attached hydrogens (tertiary/aromatic N) is 11. The van der Waals surface area contributed by atoms with Gasteiger partial charge in [0.15, 0.2) is 5.65 Å². The van der Waals surface area contributed by atoms with E-state index in [9.17, 15) is 0 Å². The number of benzene rings is 1. The Labute approximate surface area is 442 Å². The minimum atomic E-state index is 0.504. The molecule has 0 unspecified atom stereocenters. The molecule has 0 fully saturated rings. The van der Waals surface area contributed by atoms with Gasteiger partial charge in [-0.05, 0) is 66.6 Å². The molecule has 372 valence electrons. The lowest BCUT2D eigenvalue weighted by Gasteiger charge is -1.94. The topological polar surface area (TPSA) is 133 Å². The molecule has 0 aliphatic carbocycles. The Hall–Kier alpha value is -6.04. The van der Waals surface area contributed by atoms with E-state index < -0.39 is 0 Å². The zero-order valence-corrected chi connectivity index (χ0v) is 47.1. The summed E-state index contributed by atoms with van der Waals surface area (Å²) < 4.78 is 6.94. The molecule has 16 heteroatoms. The normalized spacial score (nSPS) is 11.2. The average molecular weight is 1050 g/mol. The number of aromatic nitrogens is 11. The minimum absolute atomic E-state index is 0.504. The van der Waals surface area contributed by atoms with Crippen molar-refractivity contribution in [3.8, 4) is 0 Å². The van der Waals surface area contributed by atoms with Crippen molar-refractivity contribution >= 4 is 114 Å². The van der Waals surface area contributed by atoms with Gasteiger partial charge in [-0.15, -0.1) is 45.3 Å². The van der Waals surface area contributed by atoms with E-state index in [1.54, 1.807) is 69.1 Å². The number of hydrogen-bond acceptors (Lipinski definition) is 15. The van der Waals surface area contributed by atoms with Crippen LogP contribution in [0.2, 0.25) is 0 Å². The third-order valence-electron chi connectivity index (χ3n) is 10.5. The first kappa shape index (κ1) is 53.8. The van der Waals surface area contributed by atoms with Crippen LogP contribution in [0.5, 0.6) is 0 Å². The smallest absolute Gasteiger partial charge is 0.170 e. The van der Waals surface area contributed by atoms with Crippen molar-refractivity contribution in [3.05, 3.63) is 159 Å². The van der Waals surface area contributed by atoms with Crippen molar-refractivity contribution < 1.29 is 0 Å². The molecule has 0 atom stereocenters. The van der Waals surface area contributed by atoms with Gasteiger partial charge in [-0.1, -0.05) is 113 Å². The molecule has 0 saturated heterocycles. The average Bonchev–Trinajstić information content (AvgIpc) is 4.24. The summed E-state index contributed by atoms with van der Waals surface area (Å²) in [6, 6.07) is 26.2. The maximum Gasteiger partial charge on any atom is 0.170 e. The third-order valence-corrected chi connectivity index (χ3v) is 17.1. The Morgan fingerprint density at radius 2 is 0.875 bits per heavy atom. The Bertz CT molecular complexity index is 2750. The van der Waals surface area contributed by atoms with Crippen LogP contribution in [-0.2, 0) is 0 Å². The quantitative estimate of drug-likeness (QED) is 0.158. The van der Waals surface area contributed by atoms with Crippen LogP contribution < -0.4 is 0 Å². The second-order valence-corrected chi connectivity index (χ2v) is 23.9. The Kier molecular flexibility index (Phi) is 19.1. The van der Waals surface area contributed by atoms with Gasteiger partial charge in [0.05, 0.1) is 72.3 Å². The molecule has 12 rings (SSSR count). The van der Waals surface area contributed by atoms with E-state index >= 15 is 0 Å². The predicted octanol–water partition coefficient (Wildman–Crippen LogP) is 17.1. The zero-order valence-electron chi connectivity index (χ0n) is 43.0. The number of pyridine rings is 5. The molecule has 11 nitrogen and oxygen atoms in total. The number of fused-ring (bicyclic) bond motifs is 6. The largest absolute Gasteiger partial charge is 0.307 e. The predicted molar refractivity (Wildman–Crippen MR) is 309 cm³/mol. The molecular weight excluding hydrogens is 987 g/mol. The summed E-state index contributed by atoms with van der Waals surface area (Å²) in [7, 11) is 0. The van der Waals surface area contributed by atoms with E-state index in [4.69, 9.17) is 0 Å². The Balaban J connectivity index is 0.000000127. The summed E-state index contributed by atoms with van der Waals surface area (Å²) in [5, 5.41) is 5.96. The van der Waals surface area contributed by atoms with E-state index in [1.807, 2.05) is 85.6 Å². The van der Waals surface area contributed by atoms with Crippen molar-refractivity contribution in [2.24, 2.45) is 0 Å². The van der Waals surface area contributed by atoms with Gasteiger partial charge in [0.1, 0.15) is 16.0 Å². The first-order valence-corrected chi connectivity index (χ1v) is 28.3. The molecule has 1 aromatic carbocycles. The van der Waals surface area contributed by atoms with E-state index in [-0.39, 0.29) is 0 Å². The summed E-state index contributed by atoms with van der Waals surface area (Å²) in [5.41, 5.74) is 7.30. The van der Waals surface area contributed by atoms with Crippen LogP contribution in [0.15, 0.2) is 128 Å². The fourth-order valence-electron chi connectivity index (χ4n) is 6.53. The molecule has 0 radical (unpaired) electrons. The molecule has 0 aliphatic rings. The molecule has 0 N–H and O–H groups in total. The second kappa shape index (κ2) is 25.6. The van der Waals surface area contributed by atoms with Gasteiger partial charge in [-0.2, -0.15) is 0 Å². The standard InChI is InChI=1S/C10H12N2.C10H11NS.4C9H10N2S/c1-8(2)9-7-12-6-4-3-5-10(12)11-9;1-7(2)10-11-8-5-3-4-6-9(8)12-10;1-6(2)9-11-7-5-10-4-3-8(7)12-9;1-6(2)9-11-7-3-4-10-5-8(7)12-9;1-6(2)9-11-8-7(12-9)4-3-5-10-8;1-6(2)8-11-7-4-3-5-10-9(7)12-8/h3-8H,1-2H3;3-7H,1-2H3;4*3-6H,1-2H3. The van der Waals surface area contributed by atoms with Gasteiger partial charge in [0.2, 0.25) is 0 Å². The monoisotopic (exact) mass is 1050 g/mol. The van der Waals surface area contributed by atoms with Gasteiger partial charge in [0.25, 0.3) is 0 Å². The lowest BCUT2D eigenvalue weighted by atomic mass is 10.2. The maximum absolute atomic E-state index is 4.53. The number of hydrogen-bond donors (Lipinski definition) is 0. The van der Waals surface area contributed by atoms with Crippen molar-refractivity contribution in [1.82, 2.24) is 54.2 Å². The first-order chi connectivity index (χ1) is 34.6. The van der Waals surface area contributed by atoms with Gasteiger partial charge >= 0.3 is 0 Å². The number of imidazole rings is 1. The highest BCUT2D eigenvalue weighted by molar-refractivity contribution is 7.19. The molecule has 72 heavy (non-hydrogen) atoms. The molecule has 11 aromatic heterocycles. The van der Waals surface area contributed by atoms with Gasteiger partial charge in [0, 0.05) is 73.0 Å². The molecule has 0 saturated carbocycles. The van der Waals surface area contributed by atoms with Gasteiger partial charge in [-0.25, -0.2) is 39.9 Å². The summed E-state index contributed by atoms with van der Waals surface area (Å²) in [6.07, 6.45) is 15.0. The highest BCUT2D eigenvalue weighted by Gasteiger charge is 2.10. The number of para-hydroxylation sites is 1. The van der Waals surface area contributed by atoms with E-state index in [1.165, 1.54) is 43.8 Å². The van der Waals surface area contributed by atoms with Crippen LogP contribution in [0.25, 0.3) is 57.0 Å². The van der Waals surface area contributed by atoms with E-state index in [2.05, 4.69) is 168 Å². The Morgan fingerprint density at radius 3 is 1.49 bits per heavy atom. The van der Waals surface area contributed by atoms with Crippen LogP contribution in [-0.4, -0.2) is 54.2 Å². The minimum Gasteiger partial charge on any atom is -0.307 e. The van der Waals surface area contributed by atoms with Crippen molar-refractivity contribution in [2.45, 2.75) is 119 Å². The zero-order chi connectivity index (χ0) is 51.3. The fourth-order valence-corrected chi connectivity index (χ4v) is 11.2. The molecule has 0 amide bonds. The van der Waals surface area contributed by atoms with Crippen LogP contribution in [0.4, 0.5) is 0 Å². The van der Waals surface area contributed by atoms with Crippen LogP contribution >= 0.6 is 56.7 Å². The third kappa shape index (κ3) is 14.6. The molecular formula is C56H63N11S5. The van der Waals surface area contributed by atoms with Gasteiger partial charge in [-0.3, -0.25) is 9.97 Å². The van der Waals surface area contributed by atoms with Crippen LogP contribution in [0.3, 0.4) is 0 Å².